The summed E-state index contributed by atoms with van der Waals surface area (Å²) in [4.78, 5) is 27.3. The van der Waals surface area contributed by atoms with Gasteiger partial charge in [0.25, 0.3) is 5.56 Å². The molecule has 0 saturated carbocycles. The molecule has 0 radical (unpaired) electrons. The lowest BCUT2D eigenvalue weighted by atomic mass is 9.92. The number of hydrogen-bond acceptors (Lipinski definition) is 3. The van der Waals surface area contributed by atoms with E-state index in [2.05, 4.69) is 4.98 Å². The number of halogens is 4. The summed E-state index contributed by atoms with van der Waals surface area (Å²) in [6, 6.07) is 8.51. The summed E-state index contributed by atoms with van der Waals surface area (Å²) < 4.78 is 41.9. The second-order valence-corrected chi connectivity index (χ2v) is 6.83. The van der Waals surface area contributed by atoms with Gasteiger partial charge in [0.1, 0.15) is 5.15 Å². The molecular formula is C20H15ClF3N3O2. The third kappa shape index (κ3) is 3.88. The molecule has 0 aliphatic carbocycles. The van der Waals surface area contributed by atoms with Gasteiger partial charge in [-0.25, -0.2) is 0 Å². The van der Waals surface area contributed by atoms with E-state index >= 15 is 0 Å². The fourth-order valence-corrected chi connectivity index (χ4v) is 3.22. The van der Waals surface area contributed by atoms with Crippen LogP contribution < -0.4 is 11.3 Å². The van der Waals surface area contributed by atoms with Crippen LogP contribution in [0.25, 0.3) is 22.3 Å². The maximum atomic E-state index is 13.6. The molecule has 9 heteroatoms. The highest BCUT2D eigenvalue weighted by atomic mass is 35.5. The number of hydrogen-bond donors (Lipinski definition) is 1. The van der Waals surface area contributed by atoms with E-state index in [0.717, 1.165) is 12.3 Å². The average molecular weight is 422 g/mol. The number of aromatic nitrogens is 2. The first-order valence-corrected chi connectivity index (χ1v) is 8.72. The Morgan fingerprint density at radius 3 is 2.41 bits per heavy atom. The van der Waals surface area contributed by atoms with Crippen LogP contribution in [0.15, 0.2) is 47.4 Å². The molecule has 1 amide bonds. The van der Waals surface area contributed by atoms with Crippen LogP contribution >= 0.6 is 11.6 Å². The maximum absolute atomic E-state index is 13.6. The Morgan fingerprint density at radius 2 is 1.83 bits per heavy atom. The molecule has 5 nitrogen and oxygen atoms in total. The lowest BCUT2D eigenvalue weighted by molar-refractivity contribution is -0.140. The molecule has 29 heavy (non-hydrogen) atoms. The van der Waals surface area contributed by atoms with Gasteiger partial charge < -0.3 is 10.3 Å². The molecular weight excluding hydrogens is 407 g/mol. The second kappa shape index (κ2) is 7.36. The molecule has 0 fully saturated rings. The predicted molar refractivity (Wildman–Crippen MR) is 104 cm³/mol. The number of amides is 1. The van der Waals surface area contributed by atoms with Gasteiger partial charge in [-0.1, -0.05) is 23.7 Å². The molecule has 150 valence electrons. The second-order valence-electron chi connectivity index (χ2n) is 6.44. The van der Waals surface area contributed by atoms with E-state index < -0.39 is 23.3 Å². The number of primary amides is 1. The van der Waals surface area contributed by atoms with Crippen molar-refractivity contribution in [2.75, 3.05) is 0 Å². The zero-order valence-electron chi connectivity index (χ0n) is 15.3. The van der Waals surface area contributed by atoms with Crippen molar-refractivity contribution >= 4 is 17.5 Å². The van der Waals surface area contributed by atoms with Crippen LogP contribution in [0.3, 0.4) is 0 Å². The standard InChI is InChI=1S/C20H15ClF3N3O2/c1-10-3-4-11(7-14(10)12-8-15(21)27(2)16(28)9-12)17-13(19(25)29)5-6-26-18(17)20(22,23)24/h3-9H,1-2H3,(H2,25,29). The number of nitrogens with zero attached hydrogens (tertiary/aromatic N) is 2. The van der Waals surface area contributed by atoms with Crippen LogP contribution in [-0.4, -0.2) is 15.5 Å². The smallest absolute Gasteiger partial charge is 0.366 e. The number of alkyl halides is 3. The molecule has 3 rings (SSSR count). The summed E-state index contributed by atoms with van der Waals surface area (Å²) in [5.41, 5.74) is 4.74. The zero-order valence-corrected chi connectivity index (χ0v) is 16.1. The quantitative estimate of drug-likeness (QED) is 0.644. The van der Waals surface area contributed by atoms with E-state index in [0.29, 0.717) is 16.7 Å². The number of pyridine rings is 2. The van der Waals surface area contributed by atoms with Gasteiger partial charge in [-0.2, -0.15) is 13.2 Å². The summed E-state index contributed by atoms with van der Waals surface area (Å²) in [5, 5.41) is 0.174. The van der Waals surface area contributed by atoms with Crippen molar-refractivity contribution in [3.63, 3.8) is 0 Å². The first-order valence-electron chi connectivity index (χ1n) is 8.34. The Balaban J connectivity index is 2.32. The van der Waals surface area contributed by atoms with E-state index in [1.165, 1.54) is 35.9 Å². The van der Waals surface area contributed by atoms with Crippen LogP contribution in [-0.2, 0) is 13.2 Å². The Labute approximate surface area is 168 Å². The molecule has 0 spiro atoms. The predicted octanol–water partition coefficient (Wildman–Crippen LogP) is 4.19. The van der Waals surface area contributed by atoms with Crippen molar-refractivity contribution in [3.8, 4) is 22.3 Å². The van der Waals surface area contributed by atoms with Gasteiger partial charge in [-0.15, -0.1) is 0 Å². The third-order valence-corrected chi connectivity index (χ3v) is 4.89. The van der Waals surface area contributed by atoms with Gasteiger partial charge in [0, 0.05) is 24.9 Å². The first kappa shape index (κ1) is 20.6. The normalized spacial score (nSPS) is 11.5. The van der Waals surface area contributed by atoms with Crippen molar-refractivity contribution in [2.24, 2.45) is 12.8 Å². The van der Waals surface area contributed by atoms with Gasteiger partial charge in [0.15, 0.2) is 5.69 Å². The summed E-state index contributed by atoms with van der Waals surface area (Å²) in [6.07, 6.45) is -3.90. The monoisotopic (exact) mass is 421 g/mol. The van der Waals surface area contributed by atoms with Crippen molar-refractivity contribution in [1.82, 2.24) is 9.55 Å². The number of benzene rings is 1. The van der Waals surface area contributed by atoms with Crippen molar-refractivity contribution < 1.29 is 18.0 Å². The van der Waals surface area contributed by atoms with Gasteiger partial charge in [-0.05, 0) is 47.4 Å². The highest BCUT2D eigenvalue weighted by Gasteiger charge is 2.37. The van der Waals surface area contributed by atoms with Crippen LogP contribution in [0, 0.1) is 6.92 Å². The van der Waals surface area contributed by atoms with Gasteiger partial charge >= 0.3 is 6.18 Å². The molecule has 2 aromatic heterocycles. The van der Waals surface area contributed by atoms with Crippen LogP contribution in [0.2, 0.25) is 5.15 Å². The van der Waals surface area contributed by atoms with E-state index in [1.54, 1.807) is 13.0 Å². The molecule has 3 aromatic rings. The van der Waals surface area contributed by atoms with Crippen molar-refractivity contribution in [1.29, 1.82) is 0 Å². The summed E-state index contributed by atoms with van der Waals surface area (Å²) in [6.45, 7) is 1.74. The molecule has 2 heterocycles. The molecule has 0 unspecified atom stereocenters. The minimum absolute atomic E-state index is 0.0941. The fraction of sp³-hybridized carbons (Fsp3) is 0.150. The molecule has 2 N–H and O–H groups in total. The fourth-order valence-electron chi connectivity index (χ4n) is 3.02. The van der Waals surface area contributed by atoms with Gasteiger partial charge in [0.05, 0.1) is 5.56 Å². The SMILES string of the molecule is Cc1ccc(-c2c(C(N)=O)ccnc2C(F)(F)F)cc1-c1cc(Cl)n(C)c(=O)c1. The minimum atomic E-state index is -4.79. The highest BCUT2D eigenvalue weighted by Crippen LogP contribution is 2.39. The molecule has 0 bridgehead atoms. The number of rotatable bonds is 3. The van der Waals surface area contributed by atoms with E-state index in [9.17, 15) is 22.8 Å². The molecule has 0 aliphatic heterocycles. The first-order chi connectivity index (χ1) is 13.5. The lowest BCUT2D eigenvalue weighted by Gasteiger charge is -2.16. The van der Waals surface area contributed by atoms with Gasteiger partial charge in [-0.3, -0.25) is 14.6 Å². The van der Waals surface area contributed by atoms with Crippen LogP contribution in [0.1, 0.15) is 21.6 Å². The Hall–Kier alpha value is -3.13. The van der Waals surface area contributed by atoms with E-state index in [1.807, 2.05) is 0 Å². The molecule has 1 aromatic carbocycles. The van der Waals surface area contributed by atoms with Gasteiger partial charge in [0.2, 0.25) is 5.91 Å². The Kier molecular flexibility index (Phi) is 5.23. The topological polar surface area (TPSA) is 78.0 Å². The molecule has 0 saturated heterocycles. The minimum Gasteiger partial charge on any atom is -0.366 e. The van der Waals surface area contributed by atoms with E-state index in [-0.39, 0.29) is 21.8 Å². The maximum Gasteiger partial charge on any atom is 0.433 e. The van der Waals surface area contributed by atoms with Crippen LogP contribution in [0.4, 0.5) is 13.2 Å². The summed E-state index contributed by atoms with van der Waals surface area (Å²) in [7, 11) is 1.50. The third-order valence-electron chi connectivity index (χ3n) is 4.53. The summed E-state index contributed by atoms with van der Waals surface area (Å²) >= 11 is 6.07. The highest BCUT2D eigenvalue weighted by molar-refractivity contribution is 6.29. The summed E-state index contributed by atoms with van der Waals surface area (Å²) in [5.74, 6) is -1.01. The van der Waals surface area contributed by atoms with E-state index in [4.69, 9.17) is 17.3 Å². The number of aryl methyl sites for hydroxylation is 1. The zero-order chi connectivity index (χ0) is 21.5. The largest absolute Gasteiger partial charge is 0.433 e. The van der Waals surface area contributed by atoms with Crippen molar-refractivity contribution in [3.05, 3.63) is 74.9 Å². The molecule has 0 aliphatic rings. The van der Waals surface area contributed by atoms with Crippen molar-refractivity contribution in [2.45, 2.75) is 13.1 Å². The van der Waals surface area contributed by atoms with Crippen LogP contribution in [0.5, 0.6) is 0 Å². The Morgan fingerprint density at radius 1 is 1.14 bits per heavy atom. The lowest BCUT2D eigenvalue weighted by Crippen LogP contribution is -2.18. The molecule has 0 atom stereocenters. The number of carbonyl (C=O) groups excluding carboxylic acids is 1. The average Bonchev–Trinajstić information content (AvgIpc) is 2.64. The Bertz CT molecular complexity index is 1190. The number of nitrogens with two attached hydrogens (primary N) is 1. The number of carbonyl (C=O) groups is 1.